The van der Waals surface area contributed by atoms with Gasteiger partial charge >= 0.3 is 39.5 Å². The lowest BCUT2D eigenvalue weighted by molar-refractivity contribution is -0.161. The summed E-state index contributed by atoms with van der Waals surface area (Å²) < 4.78 is 68.5. The predicted molar refractivity (Wildman–Crippen MR) is 391 cm³/mol. The summed E-state index contributed by atoms with van der Waals surface area (Å²) in [6, 6.07) is 0. The van der Waals surface area contributed by atoms with Crippen molar-refractivity contribution in [3.63, 3.8) is 0 Å². The maximum absolute atomic E-state index is 13.1. The zero-order chi connectivity index (χ0) is 70.7. The molecule has 5 atom stereocenters. The first-order valence-electron chi connectivity index (χ1n) is 40.0. The third-order valence-corrected chi connectivity index (χ3v) is 19.9. The Labute approximate surface area is 588 Å². The van der Waals surface area contributed by atoms with Gasteiger partial charge in [0, 0.05) is 25.7 Å². The van der Waals surface area contributed by atoms with Crippen molar-refractivity contribution >= 4 is 39.5 Å². The summed E-state index contributed by atoms with van der Waals surface area (Å²) in [5.74, 6) is -0.588. The molecule has 0 spiro atoms. The average molecular weight is 1410 g/mol. The highest BCUT2D eigenvalue weighted by molar-refractivity contribution is 7.47. The van der Waals surface area contributed by atoms with Crippen molar-refractivity contribution < 1.29 is 80.2 Å². The van der Waals surface area contributed by atoms with Gasteiger partial charge in [0.1, 0.15) is 19.3 Å². The van der Waals surface area contributed by atoms with Crippen molar-refractivity contribution in [2.24, 2.45) is 11.8 Å². The normalized spacial score (nSPS) is 14.0. The van der Waals surface area contributed by atoms with E-state index in [-0.39, 0.29) is 25.7 Å². The summed E-state index contributed by atoms with van der Waals surface area (Å²) in [6.07, 6.45) is 56.9. The van der Waals surface area contributed by atoms with Gasteiger partial charge in [-0.3, -0.25) is 37.3 Å². The van der Waals surface area contributed by atoms with E-state index in [2.05, 4.69) is 41.5 Å². The Morgan fingerprint density at radius 2 is 0.479 bits per heavy atom. The molecule has 0 amide bonds. The summed E-state index contributed by atoms with van der Waals surface area (Å²) in [7, 11) is -9.91. The zero-order valence-corrected chi connectivity index (χ0v) is 64.5. The van der Waals surface area contributed by atoms with Crippen LogP contribution < -0.4 is 0 Å². The lowest BCUT2D eigenvalue weighted by atomic mass is 10.0. The molecule has 0 aliphatic heterocycles. The van der Waals surface area contributed by atoms with Crippen molar-refractivity contribution in [2.75, 3.05) is 39.6 Å². The van der Waals surface area contributed by atoms with Gasteiger partial charge in [-0.2, -0.15) is 0 Å². The zero-order valence-electron chi connectivity index (χ0n) is 62.7. The molecule has 0 aliphatic rings. The average Bonchev–Trinajstić information content (AvgIpc) is 1.17. The summed E-state index contributed by atoms with van der Waals surface area (Å²) in [4.78, 5) is 72.8. The van der Waals surface area contributed by atoms with E-state index in [9.17, 15) is 43.2 Å². The molecule has 0 aromatic rings. The topological polar surface area (TPSA) is 237 Å². The van der Waals surface area contributed by atoms with Crippen LogP contribution in [0.3, 0.4) is 0 Å². The highest BCUT2D eigenvalue weighted by Gasteiger charge is 2.30. The van der Waals surface area contributed by atoms with Crippen molar-refractivity contribution in [1.29, 1.82) is 0 Å². The lowest BCUT2D eigenvalue weighted by Gasteiger charge is -2.21. The Hall–Kier alpha value is -1.94. The maximum atomic E-state index is 13.1. The van der Waals surface area contributed by atoms with Crippen LogP contribution in [0.5, 0.6) is 0 Å². The second kappa shape index (κ2) is 68.8. The van der Waals surface area contributed by atoms with Crippen LogP contribution in [0.15, 0.2) is 0 Å². The van der Waals surface area contributed by atoms with Crippen LogP contribution in [-0.4, -0.2) is 96.7 Å². The number of rotatable bonds is 76. The molecule has 0 bridgehead atoms. The predicted octanol–water partition coefficient (Wildman–Crippen LogP) is 22.7. The van der Waals surface area contributed by atoms with Crippen molar-refractivity contribution in [2.45, 2.75) is 419 Å². The van der Waals surface area contributed by atoms with Gasteiger partial charge in [0.2, 0.25) is 0 Å². The number of phosphoric ester groups is 2. The monoisotopic (exact) mass is 1410 g/mol. The Bertz CT molecular complexity index is 1860. The van der Waals surface area contributed by atoms with E-state index in [0.29, 0.717) is 31.6 Å². The minimum absolute atomic E-state index is 0.107. The van der Waals surface area contributed by atoms with Crippen LogP contribution in [0.25, 0.3) is 0 Å². The fourth-order valence-electron chi connectivity index (χ4n) is 11.8. The fourth-order valence-corrected chi connectivity index (χ4v) is 13.4. The summed E-state index contributed by atoms with van der Waals surface area (Å²) in [5.41, 5.74) is 0. The number of carbonyl (C=O) groups is 4. The van der Waals surface area contributed by atoms with Gasteiger partial charge in [0.15, 0.2) is 12.2 Å². The van der Waals surface area contributed by atoms with Crippen molar-refractivity contribution in [3.05, 3.63) is 0 Å². The van der Waals surface area contributed by atoms with E-state index in [1.807, 2.05) is 0 Å². The minimum atomic E-state index is -4.96. The van der Waals surface area contributed by atoms with Crippen LogP contribution in [0.1, 0.15) is 401 Å². The van der Waals surface area contributed by atoms with Crippen LogP contribution in [0, 0.1) is 11.8 Å². The molecule has 0 saturated carbocycles. The Morgan fingerprint density at radius 3 is 0.708 bits per heavy atom. The van der Waals surface area contributed by atoms with E-state index in [4.69, 9.17) is 37.0 Å². The molecule has 3 N–H and O–H groups in total. The lowest BCUT2D eigenvalue weighted by Crippen LogP contribution is -2.30. The number of aliphatic hydroxyl groups excluding tert-OH is 1. The molecule has 0 aliphatic carbocycles. The van der Waals surface area contributed by atoms with Crippen LogP contribution in [-0.2, 0) is 65.4 Å². The van der Waals surface area contributed by atoms with Crippen molar-refractivity contribution in [1.82, 2.24) is 0 Å². The van der Waals surface area contributed by atoms with Crippen LogP contribution in [0.2, 0.25) is 0 Å². The highest BCUT2D eigenvalue weighted by atomic mass is 31.2. The molecule has 0 saturated heterocycles. The Morgan fingerprint density at radius 1 is 0.281 bits per heavy atom. The number of aliphatic hydroxyl groups is 1. The molecule has 96 heavy (non-hydrogen) atoms. The van der Waals surface area contributed by atoms with Gasteiger partial charge in [-0.25, -0.2) is 9.13 Å². The van der Waals surface area contributed by atoms with Crippen LogP contribution in [0.4, 0.5) is 0 Å². The van der Waals surface area contributed by atoms with Gasteiger partial charge in [0.25, 0.3) is 0 Å². The smallest absolute Gasteiger partial charge is 0.462 e. The number of ether oxygens (including phenoxy) is 4. The number of unbranched alkanes of at least 4 members (excludes halogenated alkanes) is 46. The number of phosphoric acid groups is 2. The van der Waals surface area contributed by atoms with Crippen molar-refractivity contribution in [3.8, 4) is 0 Å². The molecular weight excluding hydrogens is 1260 g/mol. The molecule has 17 nitrogen and oxygen atoms in total. The van der Waals surface area contributed by atoms with Gasteiger partial charge in [-0.05, 0) is 37.5 Å². The number of hydrogen-bond acceptors (Lipinski definition) is 15. The largest absolute Gasteiger partial charge is 0.472 e. The molecular formula is C77H150O17P2. The Kier molecular flexibility index (Phi) is 67.4. The first-order valence-corrected chi connectivity index (χ1v) is 43.0. The van der Waals surface area contributed by atoms with Gasteiger partial charge in [-0.15, -0.1) is 0 Å². The molecule has 0 radical (unpaired) electrons. The molecule has 0 aromatic heterocycles. The van der Waals surface area contributed by atoms with Gasteiger partial charge in [0.05, 0.1) is 26.4 Å². The number of carbonyl (C=O) groups excluding carboxylic acids is 4. The molecule has 0 rings (SSSR count). The summed E-state index contributed by atoms with van der Waals surface area (Å²) >= 11 is 0. The van der Waals surface area contributed by atoms with E-state index in [0.717, 1.165) is 102 Å². The minimum Gasteiger partial charge on any atom is -0.462 e. The highest BCUT2D eigenvalue weighted by Crippen LogP contribution is 2.45. The van der Waals surface area contributed by atoms with E-state index in [1.54, 1.807) is 0 Å². The molecule has 570 valence electrons. The molecule has 0 fully saturated rings. The molecule has 0 aromatic carbocycles. The van der Waals surface area contributed by atoms with E-state index >= 15 is 0 Å². The molecule has 19 heteroatoms. The van der Waals surface area contributed by atoms with Gasteiger partial charge in [-0.1, -0.05) is 350 Å². The fraction of sp³-hybridized carbons (Fsp3) is 0.948. The second-order valence-electron chi connectivity index (χ2n) is 28.7. The van der Waals surface area contributed by atoms with Crippen LogP contribution >= 0.6 is 15.6 Å². The standard InChI is InChI=1S/C77H150O17P2/c1-7-9-11-13-15-17-19-27-32-35-41-47-53-59-74(79)87-65-72(93-77(82)62-56-50-43-37-33-29-26-24-22-21-23-25-28-30-34-39-45-51-57-69(3)4)67-91-95(83,84)89-63-71(78)64-90-96(85,86)92-68-73(66-88-75(80)60-54-48-44-38-40-46-52-58-70(5)6)94-76(81)61-55-49-42-36-31-20-18-16-14-12-10-8-2/h69-73,78H,7-68H2,1-6H3,(H,83,84)(H,85,86)/t71-,72-,73-/m1/s1. The number of hydrogen-bond donors (Lipinski definition) is 3. The Balaban J connectivity index is 5.20. The van der Waals surface area contributed by atoms with E-state index < -0.39 is 97.5 Å². The maximum Gasteiger partial charge on any atom is 0.472 e. The summed E-state index contributed by atoms with van der Waals surface area (Å²) in [6.45, 7) is 9.58. The second-order valence-corrected chi connectivity index (χ2v) is 31.6. The molecule has 2 unspecified atom stereocenters. The van der Waals surface area contributed by atoms with E-state index in [1.165, 1.54) is 212 Å². The first-order chi connectivity index (χ1) is 46.4. The third kappa shape index (κ3) is 70.5. The SMILES string of the molecule is CCCCCCCCCCCCCCCC(=O)OC[C@H](COP(=O)(O)OC[C@@H](O)COP(=O)(O)OC[C@@H](COC(=O)CCCCCCCCCC(C)C)OC(=O)CCCCCCCCCCCCCC)OC(=O)CCCCCCCCCCCCCCCCCCCCC(C)C. The third-order valence-electron chi connectivity index (χ3n) is 18.0. The summed E-state index contributed by atoms with van der Waals surface area (Å²) in [5, 5.41) is 10.6. The quantitative estimate of drug-likeness (QED) is 0.0222. The molecule has 0 heterocycles. The number of esters is 4. The van der Waals surface area contributed by atoms with Gasteiger partial charge < -0.3 is 33.8 Å². The first kappa shape index (κ1) is 94.1.